The second kappa shape index (κ2) is 5.30. The van der Waals surface area contributed by atoms with Gasteiger partial charge in [0.1, 0.15) is 0 Å². The first kappa shape index (κ1) is 13.8. The van der Waals surface area contributed by atoms with E-state index >= 15 is 0 Å². The van der Waals surface area contributed by atoms with Crippen molar-refractivity contribution in [3.8, 4) is 0 Å². The van der Waals surface area contributed by atoms with Crippen LogP contribution in [0.4, 0.5) is 11.4 Å². The van der Waals surface area contributed by atoms with Crippen LogP contribution in [0.5, 0.6) is 0 Å². The van der Waals surface area contributed by atoms with Gasteiger partial charge in [0.25, 0.3) is 0 Å². The van der Waals surface area contributed by atoms with E-state index in [1.165, 1.54) is 5.56 Å². The molecule has 0 aromatic heterocycles. The van der Waals surface area contributed by atoms with Crippen LogP contribution in [0.25, 0.3) is 0 Å². The Bertz CT molecular complexity index is 715. The van der Waals surface area contributed by atoms with Gasteiger partial charge in [0.2, 0.25) is 5.91 Å². The number of nitrogens with zero attached hydrogens (tertiary/aromatic N) is 1. The fourth-order valence-electron chi connectivity index (χ4n) is 2.73. The Morgan fingerprint density at radius 1 is 1.29 bits per heavy atom. The van der Waals surface area contributed by atoms with E-state index in [1.807, 2.05) is 18.2 Å². The van der Waals surface area contributed by atoms with Gasteiger partial charge in [-0.05, 0) is 36.2 Å². The number of fused-ring (bicyclic) bond motifs is 1. The zero-order valence-corrected chi connectivity index (χ0v) is 12.2. The number of hydrogen-bond acceptors (Lipinski definition) is 3. The quantitative estimate of drug-likeness (QED) is 0.856. The number of carbonyl (C=O) groups is 1. The van der Waals surface area contributed by atoms with Crippen molar-refractivity contribution in [1.82, 2.24) is 0 Å². The van der Waals surface area contributed by atoms with Gasteiger partial charge in [-0.25, -0.2) is 0 Å². The first-order chi connectivity index (χ1) is 10.1. The van der Waals surface area contributed by atoms with Gasteiger partial charge in [-0.3, -0.25) is 4.79 Å². The van der Waals surface area contributed by atoms with Crippen molar-refractivity contribution >= 4 is 28.9 Å². The SMILES string of the molecule is NC(=O)c1ccc(CN2CCc3c(N)cccc32)c(Cl)c1. The predicted octanol–water partition coefficient (Wildman–Crippen LogP) is 2.58. The molecule has 108 valence electrons. The number of halogens is 1. The van der Waals surface area contributed by atoms with Crippen LogP contribution in [0.1, 0.15) is 21.5 Å². The van der Waals surface area contributed by atoms with Crippen LogP contribution in [-0.2, 0) is 13.0 Å². The summed E-state index contributed by atoms with van der Waals surface area (Å²) in [4.78, 5) is 13.4. The molecule has 4 nitrogen and oxygen atoms in total. The van der Waals surface area contributed by atoms with Crippen molar-refractivity contribution in [2.75, 3.05) is 17.2 Å². The summed E-state index contributed by atoms with van der Waals surface area (Å²) in [6.07, 6.45) is 0.943. The molecule has 0 atom stereocenters. The maximum Gasteiger partial charge on any atom is 0.248 e. The number of benzene rings is 2. The standard InChI is InChI=1S/C16H16ClN3O/c17-13-8-10(16(19)21)4-5-11(13)9-20-7-6-12-14(18)2-1-3-15(12)20/h1-5,8H,6-7,9,18H2,(H2,19,21). The van der Waals surface area contributed by atoms with Crippen LogP contribution in [0.2, 0.25) is 5.02 Å². The summed E-state index contributed by atoms with van der Waals surface area (Å²) in [6, 6.07) is 11.1. The molecule has 0 spiro atoms. The molecule has 1 amide bonds. The average molecular weight is 302 g/mol. The number of anilines is 2. The van der Waals surface area contributed by atoms with Gasteiger partial charge in [-0.1, -0.05) is 23.7 Å². The van der Waals surface area contributed by atoms with Crippen molar-refractivity contribution in [1.29, 1.82) is 0 Å². The highest BCUT2D eigenvalue weighted by molar-refractivity contribution is 6.31. The van der Waals surface area contributed by atoms with E-state index in [-0.39, 0.29) is 0 Å². The minimum atomic E-state index is -0.470. The first-order valence-electron chi connectivity index (χ1n) is 6.77. The van der Waals surface area contributed by atoms with Crippen LogP contribution in [0, 0.1) is 0 Å². The molecule has 21 heavy (non-hydrogen) atoms. The topological polar surface area (TPSA) is 72.4 Å². The lowest BCUT2D eigenvalue weighted by atomic mass is 10.1. The Morgan fingerprint density at radius 3 is 2.81 bits per heavy atom. The molecule has 1 heterocycles. The molecule has 1 aliphatic heterocycles. The highest BCUT2D eigenvalue weighted by Gasteiger charge is 2.21. The summed E-state index contributed by atoms with van der Waals surface area (Å²) < 4.78 is 0. The fraction of sp³-hybridized carbons (Fsp3) is 0.188. The molecule has 4 N–H and O–H groups in total. The molecule has 2 aromatic carbocycles. The number of amides is 1. The van der Waals surface area contributed by atoms with E-state index in [4.69, 9.17) is 23.1 Å². The highest BCUT2D eigenvalue weighted by Crippen LogP contribution is 2.34. The van der Waals surface area contributed by atoms with E-state index in [0.717, 1.165) is 29.9 Å². The zero-order valence-electron chi connectivity index (χ0n) is 11.5. The lowest BCUT2D eigenvalue weighted by Crippen LogP contribution is -2.20. The molecule has 5 heteroatoms. The summed E-state index contributed by atoms with van der Waals surface area (Å²) in [7, 11) is 0. The average Bonchev–Trinajstić information content (AvgIpc) is 2.85. The third-order valence-electron chi connectivity index (χ3n) is 3.86. The van der Waals surface area contributed by atoms with Crippen LogP contribution in [0.3, 0.4) is 0 Å². The van der Waals surface area contributed by atoms with Gasteiger partial charge in [0.15, 0.2) is 0 Å². The molecule has 3 rings (SSSR count). The van der Waals surface area contributed by atoms with Crippen molar-refractivity contribution in [2.24, 2.45) is 5.73 Å². The second-order valence-electron chi connectivity index (χ2n) is 5.19. The number of carbonyl (C=O) groups excluding carboxylic acids is 1. The largest absolute Gasteiger partial charge is 0.398 e. The lowest BCUT2D eigenvalue weighted by Gasteiger charge is -2.20. The maximum atomic E-state index is 11.1. The van der Waals surface area contributed by atoms with Crippen LogP contribution in [-0.4, -0.2) is 12.5 Å². The minimum absolute atomic E-state index is 0.426. The third-order valence-corrected chi connectivity index (χ3v) is 4.21. The normalized spacial score (nSPS) is 13.3. The van der Waals surface area contributed by atoms with Gasteiger partial charge in [-0.15, -0.1) is 0 Å². The molecular weight excluding hydrogens is 286 g/mol. The van der Waals surface area contributed by atoms with E-state index in [9.17, 15) is 4.79 Å². The zero-order chi connectivity index (χ0) is 15.0. The van der Waals surface area contributed by atoms with Crippen LogP contribution < -0.4 is 16.4 Å². The number of primary amides is 1. The monoisotopic (exact) mass is 301 g/mol. The van der Waals surface area contributed by atoms with Gasteiger partial charge in [-0.2, -0.15) is 0 Å². The smallest absolute Gasteiger partial charge is 0.248 e. The van der Waals surface area contributed by atoms with Crippen molar-refractivity contribution in [2.45, 2.75) is 13.0 Å². The molecular formula is C16H16ClN3O. The van der Waals surface area contributed by atoms with Gasteiger partial charge < -0.3 is 16.4 Å². The molecule has 0 saturated heterocycles. The molecule has 0 radical (unpaired) electrons. The summed E-state index contributed by atoms with van der Waals surface area (Å²) in [5.74, 6) is -0.470. The molecule has 0 saturated carbocycles. The molecule has 2 aromatic rings. The number of nitrogens with two attached hydrogens (primary N) is 2. The van der Waals surface area contributed by atoms with Gasteiger partial charge in [0.05, 0.1) is 0 Å². The molecule has 1 aliphatic rings. The van der Waals surface area contributed by atoms with E-state index < -0.39 is 5.91 Å². The first-order valence-corrected chi connectivity index (χ1v) is 7.14. The Labute approximate surface area is 128 Å². The van der Waals surface area contributed by atoms with Crippen molar-refractivity contribution in [3.05, 3.63) is 58.1 Å². The van der Waals surface area contributed by atoms with Crippen LogP contribution >= 0.6 is 11.6 Å². The summed E-state index contributed by atoms with van der Waals surface area (Å²) in [5.41, 5.74) is 15.8. The van der Waals surface area contributed by atoms with Crippen LogP contribution in [0.15, 0.2) is 36.4 Å². The fourth-order valence-corrected chi connectivity index (χ4v) is 2.97. The summed E-state index contributed by atoms with van der Waals surface area (Å²) >= 11 is 6.25. The van der Waals surface area contributed by atoms with Crippen molar-refractivity contribution < 1.29 is 4.79 Å². The predicted molar refractivity (Wildman–Crippen MR) is 85.6 cm³/mol. The summed E-state index contributed by atoms with van der Waals surface area (Å²) in [5, 5.41) is 0.559. The van der Waals surface area contributed by atoms with Gasteiger partial charge in [0, 0.05) is 40.6 Å². The number of nitrogen functional groups attached to an aromatic ring is 1. The Balaban J connectivity index is 1.86. The minimum Gasteiger partial charge on any atom is -0.398 e. The highest BCUT2D eigenvalue weighted by atomic mass is 35.5. The Kier molecular flexibility index (Phi) is 3.47. The summed E-state index contributed by atoms with van der Waals surface area (Å²) in [6.45, 7) is 1.60. The molecule has 0 fully saturated rings. The molecule has 0 unspecified atom stereocenters. The van der Waals surface area contributed by atoms with E-state index in [1.54, 1.807) is 12.1 Å². The second-order valence-corrected chi connectivity index (χ2v) is 5.59. The third kappa shape index (κ3) is 2.54. The van der Waals surface area contributed by atoms with Gasteiger partial charge >= 0.3 is 0 Å². The van der Waals surface area contributed by atoms with E-state index in [2.05, 4.69) is 11.0 Å². The lowest BCUT2D eigenvalue weighted by molar-refractivity contribution is 0.100. The Hall–Kier alpha value is -2.20. The maximum absolute atomic E-state index is 11.1. The Morgan fingerprint density at radius 2 is 2.10 bits per heavy atom. The number of hydrogen-bond donors (Lipinski definition) is 2. The molecule has 0 aliphatic carbocycles. The molecule has 0 bridgehead atoms. The number of rotatable bonds is 3. The van der Waals surface area contributed by atoms with E-state index in [0.29, 0.717) is 17.1 Å². The van der Waals surface area contributed by atoms with Crippen molar-refractivity contribution in [3.63, 3.8) is 0 Å².